The number of nitrogens with zero attached hydrogens (tertiary/aromatic N) is 1. The molecule has 1 aromatic carbocycles. The van der Waals surface area contributed by atoms with Crippen LogP contribution in [0.1, 0.15) is 70.8 Å². The van der Waals surface area contributed by atoms with Crippen molar-refractivity contribution in [1.82, 2.24) is 4.57 Å². The van der Waals surface area contributed by atoms with Gasteiger partial charge in [-0.3, -0.25) is 9.59 Å². The first-order valence-electron chi connectivity index (χ1n) is 16.1. The summed E-state index contributed by atoms with van der Waals surface area (Å²) in [6.45, 7) is 8.47. The van der Waals surface area contributed by atoms with Gasteiger partial charge in [0.2, 0.25) is 0 Å². The van der Waals surface area contributed by atoms with Crippen molar-refractivity contribution >= 4 is 17.3 Å². The van der Waals surface area contributed by atoms with Crippen molar-refractivity contribution in [2.45, 2.75) is 90.1 Å². The molecule has 7 rings (SSSR count). The van der Waals surface area contributed by atoms with Crippen LogP contribution >= 0.6 is 0 Å². The molecule has 234 valence electrons. The first kappa shape index (κ1) is 29.7. The van der Waals surface area contributed by atoms with Crippen LogP contribution in [0.2, 0.25) is 0 Å². The molecule has 0 bridgehead atoms. The maximum Gasteiger partial charge on any atom is 0.193 e. The summed E-state index contributed by atoms with van der Waals surface area (Å²) < 4.78 is 15.4. The Morgan fingerprint density at radius 3 is 2.68 bits per heavy atom. The molecule has 0 unspecified atom stereocenters. The second-order valence-electron chi connectivity index (χ2n) is 14.5. The van der Waals surface area contributed by atoms with E-state index < -0.39 is 41.5 Å². The molecule has 0 amide bonds. The molecule has 8 nitrogen and oxygen atoms in total. The van der Waals surface area contributed by atoms with Crippen molar-refractivity contribution in [3.63, 3.8) is 0 Å². The van der Waals surface area contributed by atoms with E-state index in [0.717, 1.165) is 35.2 Å². The van der Waals surface area contributed by atoms with E-state index >= 15 is 0 Å². The van der Waals surface area contributed by atoms with Crippen LogP contribution in [-0.4, -0.2) is 56.8 Å². The zero-order valence-corrected chi connectivity index (χ0v) is 26.0. The third-order valence-corrected chi connectivity index (χ3v) is 11.6. The highest BCUT2D eigenvalue weighted by molar-refractivity contribution is 6.01. The van der Waals surface area contributed by atoms with E-state index in [-0.39, 0.29) is 29.3 Å². The van der Waals surface area contributed by atoms with E-state index in [4.69, 9.17) is 9.47 Å². The van der Waals surface area contributed by atoms with E-state index in [1.54, 1.807) is 12.2 Å². The lowest BCUT2D eigenvalue weighted by Gasteiger charge is -2.59. The Morgan fingerprint density at radius 2 is 1.95 bits per heavy atom. The van der Waals surface area contributed by atoms with E-state index in [1.165, 1.54) is 0 Å². The number of ketones is 2. The summed E-state index contributed by atoms with van der Waals surface area (Å²) in [5.41, 5.74) is 1.71. The standard InChI is InChI=1S/C36H44N2O6/c1-21(2)37-25-8-5-22(6-9-25)18-38-14-12-23(19-38)33-43-31-16-28-27-10-7-24-15-26(40)11-13-34(24,3)32(27)29(41)17-35(28,4)36(31,44-33)30(42)20-39/h5-6,8-9,11-15,19,21,27-29,31-33,37,39,41H,7,10,16-18,20H2,1-4H3/t27-,28-,29-,31+,32+,33+,34-,35-,36+/m0/s1. The van der Waals surface area contributed by atoms with Crippen molar-refractivity contribution in [1.29, 1.82) is 0 Å². The van der Waals surface area contributed by atoms with E-state index in [0.29, 0.717) is 25.4 Å². The molecule has 1 saturated heterocycles. The molecular weight excluding hydrogens is 556 g/mol. The number of benzene rings is 1. The number of fused-ring (bicyclic) bond motifs is 7. The number of aromatic nitrogens is 1. The van der Waals surface area contributed by atoms with Crippen LogP contribution in [0.3, 0.4) is 0 Å². The van der Waals surface area contributed by atoms with Crippen LogP contribution in [0.5, 0.6) is 0 Å². The number of aliphatic hydroxyl groups is 2. The second kappa shape index (κ2) is 10.5. The molecule has 2 heterocycles. The number of anilines is 1. The molecule has 1 aliphatic heterocycles. The molecule has 9 atom stereocenters. The maximum absolute atomic E-state index is 13.8. The Hall–Kier alpha value is -3.04. The monoisotopic (exact) mass is 600 g/mol. The predicted molar refractivity (Wildman–Crippen MR) is 166 cm³/mol. The summed E-state index contributed by atoms with van der Waals surface area (Å²) in [5, 5.41) is 25.5. The number of carbonyl (C=O) groups is 2. The highest BCUT2D eigenvalue weighted by atomic mass is 16.7. The van der Waals surface area contributed by atoms with E-state index in [2.05, 4.69) is 61.8 Å². The zero-order chi connectivity index (χ0) is 31.0. The van der Waals surface area contributed by atoms with E-state index in [9.17, 15) is 19.8 Å². The number of carbonyl (C=O) groups excluding carboxylic acids is 2. The van der Waals surface area contributed by atoms with Gasteiger partial charge < -0.3 is 29.6 Å². The fraction of sp³-hybridized carbons (Fsp3) is 0.556. The smallest absolute Gasteiger partial charge is 0.193 e. The van der Waals surface area contributed by atoms with Gasteiger partial charge >= 0.3 is 0 Å². The maximum atomic E-state index is 13.8. The predicted octanol–water partition coefficient (Wildman–Crippen LogP) is 4.96. The minimum Gasteiger partial charge on any atom is -0.393 e. The van der Waals surface area contributed by atoms with Crippen LogP contribution < -0.4 is 5.32 Å². The molecule has 4 aliphatic carbocycles. The average Bonchev–Trinajstić information content (AvgIpc) is 3.66. The summed E-state index contributed by atoms with van der Waals surface area (Å²) in [7, 11) is 0. The van der Waals surface area contributed by atoms with Gasteiger partial charge in [0.25, 0.3) is 0 Å². The zero-order valence-electron chi connectivity index (χ0n) is 26.0. The average molecular weight is 601 g/mol. The molecular formula is C36H44N2O6. The van der Waals surface area contributed by atoms with E-state index in [1.807, 2.05) is 24.5 Å². The van der Waals surface area contributed by atoms with Gasteiger partial charge in [-0.15, -0.1) is 0 Å². The van der Waals surface area contributed by atoms with Crippen molar-refractivity contribution < 1.29 is 29.3 Å². The lowest BCUT2D eigenvalue weighted by Crippen LogP contribution is -2.63. The van der Waals surface area contributed by atoms with Crippen LogP contribution in [0.4, 0.5) is 5.69 Å². The number of hydrogen-bond acceptors (Lipinski definition) is 7. The van der Waals surface area contributed by atoms with Gasteiger partial charge in [0.15, 0.2) is 23.5 Å². The number of aliphatic hydroxyl groups excluding tert-OH is 2. The van der Waals surface area contributed by atoms with Crippen LogP contribution in [-0.2, 0) is 25.6 Å². The molecule has 4 fully saturated rings. The molecule has 1 aromatic heterocycles. The first-order valence-corrected chi connectivity index (χ1v) is 16.1. The fourth-order valence-corrected chi connectivity index (χ4v) is 9.78. The highest BCUT2D eigenvalue weighted by Gasteiger charge is 2.75. The summed E-state index contributed by atoms with van der Waals surface area (Å²) in [6, 6.07) is 10.7. The topological polar surface area (TPSA) is 110 Å². The Morgan fingerprint density at radius 1 is 1.18 bits per heavy atom. The molecule has 2 aromatic rings. The minimum atomic E-state index is -1.35. The molecule has 0 radical (unpaired) electrons. The third-order valence-electron chi connectivity index (χ3n) is 11.6. The van der Waals surface area contributed by atoms with Gasteiger partial charge in [0.1, 0.15) is 6.61 Å². The van der Waals surface area contributed by atoms with Gasteiger partial charge in [-0.1, -0.05) is 37.6 Å². The lowest BCUT2D eigenvalue weighted by atomic mass is 9.46. The van der Waals surface area contributed by atoms with Gasteiger partial charge in [-0.2, -0.15) is 0 Å². The molecule has 3 N–H and O–H groups in total. The normalized spacial score (nSPS) is 39.0. The molecule has 0 spiro atoms. The second-order valence-corrected chi connectivity index (χ2v) is 14.5. The van der Waals surface area contributed by atoms with Crippen LogP contribution in [0, 0.1) is 28.6 Å². The van der Waals surface area contributed by atoms with Crippen molar-refractivity contribution in [3.05, 3.63) is 77.7 Å². The van der Waals surface area contributed by atoms with Crippen LogP contribution in [0.15, 0.2) is 66.5 Å². The van der Waals surface area contributed by atoms with Crippen molar-refractivity contribution in [2.75, 3.05) is 11.9 Å². The minimum absolute atomic E-state index is 0.00692. The molecule has 8 heteroatoms. The van der Waals surface area contributed by atoms with Gasteiger partial charge in [0.05, 0.1) is 12.2 Å². The number of rotatable bonds is 7. The third kappa shape index (κ3) is 4.32. The molecule has 3 saturated carbocycles. The first-order chi connectivity index (χ1) is 21.0. The Balaban J connectivity index is 1.14. The van der Waals surface area contributed by atoms with Crippen molar-refractivity contribution in [3.8, 4) is 0 Å². The van der Waals surface area contributed by atoms with Gasteiger partial charge in [-0.25, -0.2) is 0 Å². The molecule has 44 heavy (non-hydrogen) atoms. The van der Waals surface area contributed by atoms with Crippen molar-refractivity contribution in [2.24, 2.45) is 28.6 Å². The SMILES string of the molecule is CC(C)Nc1ccc(Cn2ccc([C@@H]3O[C@@H]4C[C@H]5[C@@H]6CCC7=CC(=O)C=C[C@]7(C)[C@H]6[C@@H](O)C[C@]5(C)[C@]4(C(=O)CO)O3)c2)cc1. The summed E-state index contributed by atoms with van der Waals surface area (Å²) >= 11 is 0. The number of ether oxygens (including phenoxy) is 2. The summed E-state index contributed by atoms with van der Waals surface area (Å²) in [4.78, 5) is 26.0. The lowest BCUT2D eigenvalue weighted by molar-refractivity contribution is -0.201. The van der Waals surface area contributed by atoms with Gasteiger partial charge in [-0.05, 0) is 87.3 Å². The number of nitrogens with one attached hydrogen (secondary N) is 1. The fourth-order valence-electron chi connectivity index (χ4n) is 9.78. The Bertz CT molecular complexity index is 1530. The number of hydrogen-bond donors (Lipinski definition) is 3. The quantitative estimate of drug-likeness (QED) is 0.412. The number of allylic oxidation sites excluding steroid dienone is 4. The number of Topliss-reactive ketones (excluding diaryl/α,β-unsaturated/α-hetero) is 1. The highest BCUT2D eigenvalue weighted by Crippen LogP contribution is 2.70. The molecule has 5 aliphatic rings. The Labute approximate surface area is 259 Å². The van der Waals surface area contributed by atoms with Crippen LogP contribution in [0.25, 0.3) is 0 Å². The van der Waals surface area contributed by atoms with Gasteiger partial charge in [0, 0.05) is 53.0 Å². The Kier molecular flexibility index (Phi) is 7.09. The summed E-state index contributed by atoms with van der Waals surface area (Å²) in [5.74, 6) is -0.232. The largest absolute Gasteiger partial charge is 0.393 e. The summed E-state index contributed by atoms with van der Waals surface area (Å²) in [6.07, 6.45) is 10.0.